The van der Waals surface area contributed by atoms with Crippen molar-refractivity contribution in [2.45, 2.75) is 11.8 Å². The van der Waals surface area contributed by atoms with Crippen molar-refractivity contribution in [2.75, 3.05) is 29.0 Å². The SMILES string of the molecule is CC(=O)Nc1ccc(S(=O)(=O)N(CC(=O)Nc2ccc(F)cc2)CC(=O)Nc2ccc(F)cc2)cc1. The first-order chi connectivity index (χ1) is 17.0. The molecule has 0 atom stereocenters. The Morgan fingerprint density at radius 3 is 1.42 bits per heavy atom. The number of hydrogen-bond acceptors (Lipinski definition) is 5. The van der Waals surface area contributed by atoms with Gasteiger partial charge in [0.2, 0.25) is 27.7 Å². The smallest absolute Gasteiger partial charge is 0.244 e. The average molecular weight is 517 g/mol. The molecule has 0 radical (unpaired) electrons. The van der Waals surface area contributed by atoms with Gasteiger partial charge in [0.1, 0.15) is 11.6 Å². The molecule has 3 aromatic rings. The van der Waals surface area contributed by atoms with Crippen molar-refractivity contribution in [3.05, 3.63) is 84.4 Å². The molecule has 0 saturated heterocycles. The van der Waals surface area contributed by atoms with Crippen LogP contribution in [-0.2, 0) is 24.4 Å². The van der Waals surface area contributed by atoms with Crippen molar-refractivity contribution < 1.29 is 31.6 Å². The maximum Gasteiger partial charge on any atom is 0.244 e. The number of rotatable bonds is 9. The van der Waals surface area contributed by atoms with Crippen molar-refractivity contribution in [2.24, 2.45) is 0 Å². The van der Waals surface area contributed by atoms with Crippen LogP contribution < -0.4 is 16.0 Å². The van der Waals surface area contributed by atoms with Gasteiger partial charge in [-0.05, 0) is 72.8 Å². The first kappa shape index (κ1) is 26.4. The number of carbonyl (C=O) groups is 3. The van der Waals surface area contributed by atoms with E-state index in [0.717, 1.165) is 24.3 Å². The molecular weight excluding hydrogens is 494 g/mol. The van der Waals surface area contributed by atoms with Gasteiger partial charge in [-0.2, -0.15) is 4.31 Å². The molecule has 188 valence electrons. The fourth-order valence-corrected chi connectivity index (χ4v) is 4.43. The van der Waals surface area contributed by atoms with E-state index >= 15 is 0 Å². The minimum Gasteiger partial charge on any atom is -0.326 e. The first-order valence-corrected chi connectivity index (χ1v) is 12.0. The molecule has 0 spiro atoms. The summed E-state index contributed by atoms with van der Waals surface area (Å²) in [7, 11) is -4.36. The van der Waals surface area contributed by atoms with Crippen LogP contribution in [0.15, 0.2) is 77.7 Å². The highest BCUT2D eigenvalue weighted by Gasteiger charge is 2.29. The van der Waals surface area contributed by atoms with Gasteiger partial charge in [0, 0.05) is 24.0 Å². The number of anilines is 3. The van der Waals surface area contributed by atoms with E-state index < -0.39 is 46.6 Å². The number of benzene rings is 3. The molecule has 0 saturated carbocycles. The highest BCUT2D eigenvalue weighted by molar-refractivity contribution is 7.89. The van der Waals surface area contributed by atoms with Crippen molar-refractivity contribution >= 4 is 44.8 Å². The van der Waals surface area contributed by atoms with Crippen LogP contribution >= 0.6 is 0 Å². The quantitative estimate of drug-likeness (QED) is 0.403. The normalized spacial score (nSPS) is 11.1. The van der Waals surface area contributed by atoms with Crippen LogP contribution in [0.4, 0.5) is 25.8 Å². The molecule has 3 N–H and O–H groups in total. The van der Waals surface area contributed by atoms with Gasteiger partial charge in [-0.15, -0.1) is 0 Å². The van der Waals surface area contributed by atoms with Gasteiger partial charge in [-0.25, -0.2) is 17.2 Å². The van der Waals surface area contributed by atoms with Crippen LogP contribution in [0, 0.1) is 11.6 Å². The molecule has 9 nitrogen and oxygen atoms in total. The fraction of sp³-hybridized carbons (Fsp3) is 0.125. The predicted octanol–water partition coefficient (Wildman–Crippen LogP) is 3.19. The zero-order chi connectivity index (χ0) is 26.3. The zero-order valence-corrected chi connectivity index (χ0v) is 19.8. The molecule has 0 heterocycles. The van der Waals surface area contributed by atoms with Gasteiger partial charge in [0.25, 0.3) is 0 Å². The summed E-state index contributed by atoms with van der Waals surface area (Å²) in [6.45, 7) is -0.167. The predicted molar refractivity (Wildman–Crippen MR) is 130 cm³/mol. The maximum absolute atomic E-state index is 13.3. The van der Waals surface area contributed by atoms with Gasteiger partial charge in [0.15, 0.2) is 0 Å². The molecule has 3 amide bonds. The van der Waals surface area contributed by atoms with E-state index in [9.17, 15) is 31.6 Å². The topological polar surface area (TPSA) is 125 Å². The summed E-state index contributed by atoms with van der Waals surface area (Å²) in [4.78, 5) is 36.2. The second kappa shape index (κ2) is 11.5. The van der Waals surface area contributed by atoms with E-state index in [1.54, 1.807) is 0 Å². The van der Waals surface area contributed by atoms with Crippen LogP contribution in [0.1, 0.15) is 6.92 Å². The Labute approximate surface area is 206 Å². The third-order valence-corrected chi connectivity index (χ3v) is 6.51. The third-order valence-electron chi connectivity index (χ3n) is 4.71. The lowest BCUT2D eigenvalue weighted by molar-refractivity contribution is -0.118. The number of nitrogens with one attached hydrogen (secondary N) is 3. The Morgan fingerprint density at radius 1 is 0.667 bits per heavy atom. The number of sulfonamides is 1. The number of amides is 3. The summed E-state index contributed by atoms with van der Waals surface area (Å²) in [5.41, 5.74) is 0.819. The van der Waals surface area contributed by atoms with Gasteiger partial charge in [-0.1, -0.05) is 0 Å². The minimum absolute atomic E-state index is 0.222. The number of nitrogens with zero attached hydrogens (tertiary/aromatic N) is 1. The molecule has 0 fully saturated rings. The first-order valence-electron chi connectivity index (χ1n) is 10.5. The highest BCUT2D eigenvalue weighted by Crippen LogP contribution is 2.19. The van der Waals surface area contributed by atoms with E-state index in [1.165, 1.54) is 55.5 Å². The Morgan fingerprint density at radius 2 is 1.03 bits per heavy atom. The van der Waals surface area contributed by atoms with E-state index in [-0.39, 0.29) is 22.2 Å². The van der Waals surface area contributed by atoms with E-state index in [1.807, 2.05) is 0 Å². The standard InChI is InChI=1S/C24H22F2N4O5S/c1-16(31)27-19-10-12-22(13-11-19)36(34,35)30(14-23(32)28-20-6-2-17(25)3-7-20)15-24(33)29-21-8-4-18(26)5-9-21/h2-13H,14-15H2,1H3,(H,27,31)(H,28,32)(H,29,33). The van der Waals surface area contributed by atoms with Crippen LogP contribution in [-0.4, -0.2) is 43.5 Å². The molecule has 0 aliphatic heterocycles. The monoisotopic (exact) mass is 516 g/mol. The summed E-state index contributed by atoms with van der Waals surface area (Å²) < 4.78 is 53.6. The van der Waals surface area contributed by atoms with Crippen molar-refractivity contribution in [3.63, 3.8) is 0 Å². The molecular formula is C24H22F2N4O5S. The lowest BCUT2D eigenvalue weighted by Gasteiger charge is -2.21. The molecule has 3 aromatic carbocycles. The van der Waals surface area contributed by atoms with Crippen LogP contribution in [0.5, 0.6) is 0 Å². The van der Waals surface area contributed by atoms with Crippen molar-refractivity contribution in [1.29, 1.82) is 0 Å². The molecule has 0 aliphatic carbocycles. The molecule has 0 bridgehead atoms. The fourth-order valence-electron chi connectivity index (χ4n) is 3.08. The Hall–Kier alpha value is -4.16. The lowest BCUT2D eigenvalue weighted by atomic mass is 10.3. The zero-order valence-electron chi connectivity index (χ0n) is 19.0. The maximum atomic E-state index is 13.3. The number of carbonyl (C=O) groups excluding carboxylic acids is 3. The number of halogens is 2. The Kier molecular flexibility index (Phi) is 8.46. The summed E-state index contributed by atoms with van der Waals surface area (Å²) in [6, 6.07) is 14.9. The molecule has 12 heteroatoms. The summed E-state index contributed by atoms with van der Waals surface area (Å²) in [6.07, 6.45) is 0. The molecule has 36 heavy (non-hydrogen) atoms. The third kappa shape index (κ3) is 7.42. The van der Waals surface area contributed by atoms with E-state index in [2.05, 4.69) is 16.0 Å². The van der Waals surface area contributed by atoms with Gasteiger partial charge in [0.05, 0.1) is 18.0 Å². The largest absolute Gasteiger partial charge is 0.326 e. The Balaban J connectivity index is 1.82. The number of hydrogen-bond donors (Lipinski definition) is 3. The molecule has 3 rings (SSSR count). The van der Waals surface area contributed by atoms with Crippen LogP contribution in [0.2, 0.25) is 0 Å². The summed E-state index contributed by atoms with van der Waals surface area (Å²) in [5.74, 6) is -2.92. The molecule has 0 unspecified atom stereocenters. The van der Waals surface area contributed by atoms with Crippen LogP contribution in [0.25, 0.3) is 0 Å². The second-order valence-electron chi connectivity index (χ2n) is 7.59. The molecule has 0 aromatic heterocycles. The minimum atomic E-state index is -4.36. The summed E-state index contributed by atoms with van der Waals surface area (Å²) >= 11 is 0. The van der Waals surface area contributed by atoms with Gasteiger partial charge < -0.3 is 16.0 Å². The Bertz CT molecular complexity index is 1290. The van der Waals surface area contributed by atoms with E-state index in [4.69, 9.17) is 0 Å². The van der Waals surface area contributed by atoms with Gasteiger partial charge in [-0.3, -0.25) is 14.4 Å². The van der Waals surface area contributed by atoms with Crippen LogP contribution in [0.3, 0.4) is 0 Å². The van der Waals surface area contributed by atoms with Crippen molar-refractivity contribution in [1.82, 2.24) is 4.31 Å². The average Bonchev–Trinajstić information content (AvgIpc) is 2.81. The second-order valence-corrected chi connectivity index (χ2v) is 9.53. The summed E-state index contributed by atoms with van der Waals surface area (Å²) in [5, 5.41) is 7.41. The highest BCUT2D eigenvalue weighted by atomic mass is 32.2. The van der Waals surface area contributed by atoms with Crippen molar-refractivity contribution in [3.8, 4) is 0 Å². The van der Waals surface area contributed by atoms with E-state index in [0.29, 0.717) is 9.99 Å². The lowest BCUT2D eigenvalue weighted by Crippen LogP contribution is -2.42. The molecule has 0 aliphatic rings. The van der Waals surface area contributed by atoms with Gasteiger partial charge >= 0.3 is 0 Å².